The number of thioether (sulfide) groups is 1. The van der Waals surface area contributed by atoms with Gasteiger partial charge in [-0.25, -0.2) is 4.79 Å². The predicted octanol–water partition coefficient (Wildman–Crippen LogP) is 5.28. The Labute approximate surface area is 191 Å². The number of hydrogen-bond donors (Lipinski definition) is 0. The first-order chi connectivity index (χ1) is 14.3. The normalized spacial score (nSPS) is 16.1. The van der Waals surface area contributed by atoms with Crippen LogP contribution in [0.1, 0.15) is 18.1 Å². The summed E-state index contributed by atoms with van der Waals surface area (Å²) < 4.78 is 11.3. The summed E-state index contributed by atoms with van der Waals surface area (Å²) >= 11 is 10.1. The van der Waals surface area contributed by atoms with Crippen molar-refractivity contribution in [2.75, 3.05) is 7.11 Å². The van der Waals surface area contributed by atoms with Crippen molar-refractivity contribution >= 4 is 62.5 Å². The minimum absolute atomic E-state index is 0.199. The fourth-order valence-electron chi connectivity index (χ4n) is 2.74. The van der Waals surface area contributed by atoms with Gasteiger partial charge in [0.05, 0.1) is 12.0 Å². The molecule has 9 heteroatoms. The second-order valence-corrected chi connectivity index (χ2v) is 8.69. The number of ether oxygens (including phenoxy) is 2. The van der Waals surface area contributed by atoms with Crippen molar-refractivity contribution < 1.29 is 23.9 Å². The molecule has 0 radical (unpaired) electrons. The zero-order chi connectivity index (χ0) is 21.8. The van der Waals surface area contributed by atoms with E-state index in [4.69, 9.17) is 16.3 Å². The van der Waals surface area contributed by atoms with Gasteiger partial charge in [0.25, 0.3) is 11.1 Å². The van der Waals surface area contributed by atoms with Crippen LogP contribution in [0, 0.1) is 0 Å². The van der Waals surface area contributed by atoms with Gasteiger partial charge in [-0.05, 0) is 60.7 Å². The van der Waals surface area contributed by atoms with Crippen LogP contribution in [0.15, 0.2) is 51.8 Å². The van der Waals surface area contributed by atoms with E-state index in [1.54, 1.807) is 30.3 Å². The fraction of sp³-hybridized carbons (Fsp3) is 0.190. The van der Waals surface area contributed by atoms with Crippen LogP contribution in [-0.4, -0.2) is 35.2 Å². The van der Waals surface area contributed by atoms with Gasteiger partial charge < -0.3 is 9.47 Å². The second kappa shape index (κ2) is 9.68. The van der Waals surface area contributed by atoms with Gasteiger partial charge in [0.2, 0.25) is 0 Å². The summed E-state index contributed by atoms with van der Waals surface area (Å²) in [6.45, 7) is 1.76. The number of hydrogen-bond acceptors (Lipinski definition) is 6. The second-order valence-electron chi connectivity index (χ2n) is 6.35. The first-order valence-corrected chi connectivity index (χ1v) is 10.8. The monoisotopic (exact) mass is 509 g/mol. The van der Waals surface area contributed by atoms with E-state index in [0.717, 1.165) is 26.7 Å². The van der Waals surface area contributed by atoms with Gasteiger partial charge in [0, 0.05) is 15.1 Å². The van der Waals surface area contributed by atoms with Crippen molar-refractivity contribution in [3.05, 3.63) is 68.0 Å². The van der Waals surface area contributed by atoms with Crippen LogP contribution in [0.25, 0.3) is 6.08 Å². The van der Waals surface area contributed by atoms with Crippen LogP contribution in [0.4, 0.5) is 4.79 Å². The highest BCUT2D eigenvalue weighted by atomic mass is 79.9. The van der Waals surface area contributed by atoms with Crippen LogP contribution >= 0.6 is 39.3 Å². The molecule has 0 aliphatic carbocycles. The molecular formula is C21H17BrClNO5S. The van der Waals surface area contributed by atoms with E-state index in [-0.39, 0.29) is 4.91 Å². The number of carbonyl (C=O) groups is 3. The Kier molecular flexibility index (Phi) is 7.23. The van der Waals surface area contributed by atoms with E-state index in [9.17, 15) is 14.4 Å². The van der Waals surface area contributed by atoms with Crippen molar-refractivity contribution in [2.24, 2.45) is 0 Å². The van der Waals surface area contributed by atoms with Gasteiger partial charge in [-0.1, -0.05) is 39.7 Å². The van der Waals surface area contributed by atoms with Gasteiger partial charge >= 0.3 is 5.97 Å². The Morgan fingerprint density at radius 2 is 1.93 bits per heavy atom. The summed E-state index contributed by atoms with van der Waals surface area (Å²) in [7, 11) is 1.21. The quantitative estimate of drug-likeness (QED) is 0.389. The summed E-state index contributed by atoms with van der Waals surface area (Å²) in [5.41, 5.74) is 1.55. The molecule has 0 unspecified atom stereocenters. The Morgan fingerprint density at radius 3 is 2.60 bits per heavy atom. The van der Waals surface area contributed by atoms with E-state index >= 15 is 0 Å². The van der Waals surface area contributed by atoms with Gasteiger partial charge in [-0.15, -0.1) is 0 Å². The zero-order valence-corrected chi connectivity index (χ0v) is 19.2. The topological polar surface area (TPSA) is 72.9 Å². The maximum Gasteiger partial charge on any atom is 0.328 e. The maximum atomic E-state index is 12.7. The van der Waals surface area contributed by atoms with Crippen LogP contribution in [0.3, 0.4) is 0 Å². The number of amides is 2. The Morgan fingerprint density at radius 1 is 1.23 bits per heavy atom. The molecule has 0 spiro atoms. The molecule has 6 nitrogen and oxygen atoms in total. The molecule has 3 rings (SSSR count). The van der Waals surface area contributed by atoms with Crippen molar-refractivity contribution in [1.82, 2.24) is 4.90 Å². The lowest BCUT2D eigenvalue weighted by molar-refractivity contribution is -0.148. The minimum Gasteiger partial charge on any atom is -0.488 e. The van der Waals surface area contributed by atoms with Gasteiger partial charge in [-0.3, -0.25) is 14.5 Å². The molecule has 1 saturated heterocycles. The molecule has 0 saturated carbocycles. The average molecular weight is 511 g/mol. The lowest BCUT2D eigenvalue weighted by atomic mass is 10.1. The van der Waals surface area contributed by atoms with Crippen molar-refractivity contribution in [3.63, 3.8) is 0 Å². The van der Waals surface area contributed by atoms with Crippen LogP contribution in [-0.2, 0) is 20.9 Å². The molecule has 1 aliphatic rings. The Bertz CT molecular complexity index is 1020. The molecule has 1 atom stereocenters. The number of carbonyl (C=O) groups excluding carboxylic acids is 3. The average Bonchev–Trinajstić information content (AvgIpc) is 3.00. The van der Waals surface area contributed by atoms with E-state index in [2.05, 4.69) is 20.7 Å². The summed E-state index contributed by atoms with van der Waals surface area (Å²) in [5, 5.41) is 0.114. The van der Waals surface area contributed by atoms with Gasteiger partial charge in [0.15, 0.2) is 0 Å². The third-order valence-corrected chi connectivity index (χ3v) is 5.95. The van der Waals surface area contributed by atoms with E-state index in [1.807, 2.05) is 18.2 Å². The Hall–Kier alpha value is -2.29. The highest BCUT2D eigenvalue weighted by Crippen LogP contribution is 2.36. The fourth-order valence-corrected chi connectivity index (χ4v) is 4.14. The van der Waals surface area contributed by atoms with E-state index < -0.39 is 23.2 Å². The number of benzene rings is 2. The molecule has 30 heavy (non-hydrogen) atoms. The molecule has 0 aromatic heterocycles. The molecule has 2 aromatic carbocycles. The van der Waals surface area contributed by atoms with E-state index in [0.29, 0.717) is 22.9 Å². The van der Waals surface area contributed by atoms with Crippen LogP contribution < -0.4 is 4.74 Å². The summed E-state index contributed by atoms with van der Waals surface area (Å²) in [4.78, 5) is 37.9. The molecule has 1 aliphatic heterocycles. The first kappa shape index (κ1) is 22.4. The molecule has 0 bridgehead atoms. The van der Waals surface area contributed by atoms with Crippen molar-refractivity contribution in [2.45, 2.75) is 19.6 Å². The molecule has 156 valence electrons. The van der Waals surface area contributed by atoms with Crippen LogP contribution in [0.2, 0.25) is 5.02 Å². The molecule has 2 aromatic rings. The van der Waals surface area contributed by atoms with E-state index in [1.165, 1.54) is 14.0 Å². The zero-order valence-electron chi connectivity index (χ0n) is 16.1. The largest absolute Gasteiger partial charge is 0.488 e. The maximum absolute atomic E-state index is 12.7. The lowest BCUT2D eigenvalue weighted by Gasteiger charge is -2.18. The highest BCUT2D eigenvalue weighted by Gasteiger charge is 2.41. The third kappa shape index (κ3) is 5.06. The van der Waals surface area contributed by atoms with Crippen LogP contribution in [0.5, 0.6) is 5.75 Å². The molecule has 0 N–H and O–H groups in total. The molecular weight excluding hydrogens is 494 g/mol. The first-order valence-electron chi connectivity index (χ1n) is 8.82. The number of imide groups is 1. The smallest absolute Gasteiger partial charge is 0.328 e. The summed E-state index contributed by atoms with van der Waals surface area (Å²) in [6, 6.07) is 11.7. The highest BCUT2D eigenvalue weighted by molar-refractivity contribution is 9.10. The standard InChI is InChI=1S/C21H17BrClNO5S/c1-12(20(26)28-2)24-19(25)18(30-21(24)27)10-14-9-15(22)5-8-17(14)29-11-13-3-6-16(23)7-4-13/h3-10,12H,11H2,1-2H3/b18-10+/t12-/m0/s1. The number of esters is 1. The molecule has 2 amide bonds. The molecule has 1 heterocycles. The summed E-state index contributed by atoms with van der Waals surface area (Å²) in [6.07, 6.45) is 1.58. The third-order valence-electron chi connectivity index (χ3n) is 4.32. The number of methoxy groups -OCH3 is 1. The molecule has 1 fully saturated rings. The number of rotatable bonds is 6. The lowest BCUT2D eigenvalue weighted by Crippen LogP contribution is -2.42. The number of nitrogens with zero attached hydrogens (tertiary/aromatic N) is 1. The summed E-state index contributed by atoms with van der Waals surface area (Å²) in [5.74, 6) is -0.666. The minimum atomic E-state index is -1.00. The van der Waals surface area contributed by atoms with Gasteiger partial charge in [-0.2, -0.15) is 0 Å². The van der Waals surface area contributed by atoms with Crippen molar-refractivity contribution in [1.29, 1.82) is 0 Å². The van der Waals surface area contributed by atoms with Gasteiger partial charge in [0.1, 0.15) is 18.4 Å². The number of halogens is 2. The predicted molar refractivity (Wildman–Crippen MR) is 119 cm³/mol. The Balaban J connectivity index is 1.85. The van der Waals surface area contributed by atoms with Crippen molar-refractivity contribution in [3.8, 4) is 5.75 Å². The SMILES string of the molecule is COC(=O)[C@H](C)N1C(=O)S/C(=C/c2cc(Br)ccc2OCc2ccc(Cl)cc2)C1=O.